The predicted octanol–water partition coefficient (Wildman–Crippen LogP) is 2.05. The Hall–Kier alpha value is -0.370. The van der Waals surface area contributed by atoms with Gasteiger partial charge in [-0.25, -0.2) is 0 Å². The van der Waals surface area contributed by atoms with E-state index in [0.717, 1.165) is 25.7 Å². The van der Waals surface area contributed by atoms with Crippen molar-refractivity contribution in [2.45, 2.75) is 57.5 Å². The van der Waals surface area contributed by atoms with E-state index in [-0.39, 0.29) is 11.2 Å². The summed E-state index contributed by atoms with van der Waals surface area (Å²) in [5, 5.41) is 10.4. The molecule has 0 aromatic carbocycles. The zero-order valence-corrected chi connectivity index (χ0v) is 8.31. The zero-order valence-electron chi connectivity index (χ0n) is 8.31. The van der Waals surface area contributed by atoms with Crippen LogP contribution in [0.3, 0.4) is 0 Å². The van der Waals surface area contributed by atoms with Crippen molar-refractivity contribution < 1.29 is 9.90 Å². The fourth-order valence-corrected chi connectivity index (χ4v) is 3.06. The second-order valence-electron chi connectivity index (χ2n) is 4.90. The van der Waals surface area contributed by atoms with Gasteiger partial charge < -0.3 is 5.11 Å². The van der Waals surface area contributed by atoms with Crippen molar-refractivity contribution in [2.75, 3.05) is 0 Å². The molecule has 2 aliphatic carbocycles. The minimum Gasteiger partial charge on any atom is -0.382 e. The number of hydrogen-bond donors (Lipinski definition) is 1. The quantitative estimate of drug-likeness (QED) is 0.622. The molecule has 2 heteroatoms. The first-order valence-electron chi connectivity index (χ1n) is 5.34. The minimum atomic E-state index is -0.969. The molecular formula is C11H18O2. The van der Waals surface area contributed by atoms with Gasteiger partial charge in [-0.05, 0) is 25.7 Å². The Kier molecular flexibility index (Phi) is 1.99. The lowest BCUT2D eigenvalue weighted by molar-refractivity contribution is -0.168. The number of hydrogen-bond acceptors (Lipinski definition) is 2. The van der Waals surface area contributed by atoms with Crippen molar-refractivity contribution in [3.05, 3.63) is 0 Å². The highest BCUT2D eigenvalue weighted by Crippen LogP contribution is 2.51. The molecule has 0 aromatic rings. The van der Waals surface area contributed by atoms with E-state index >= 15 is 0 Å². The molecule has 0 spiro atoms. The monoisotopic (exact) mass is 182 g/mol. The number of carbonyl (C=O) groups is 1. The molecule has 0 heterocycles. The van der Waals surface area contributed by atoms with Gasteiger partial charge in [-0.2, -0.15) is 0 Å². The summed E-state index contributed by atoms with van der Waals surface area (Å²) in [5.74, 6) is 0.0981. The van der Waals surface area contributed by atoms with Crippen LogP contribution in [0.1, 0.15) is 51.9 Å². The van der Waals surface area contributed by atoms with Crippen molar-refractivity contribution in [2.24, 2.45) is 5.41 Å². The molecule has 2 saturated carbocycles. The number of rotatable bonds is 0. The maximum atomic E-state index is 11.7. The summed E-state index contributed by atoms with van der Waals surface area (Å²) in [4.78, 5) is 11.7. The molecule has 74 valence electrons. The lowest BCUT2D eigenvalue weighted by atomic mass is 9.57. The van der Waals surface area contributed by atoms with E-state index in [4.69, 9.17) is 0 Å². The van der Waals surface area contributed by atoms with Gasteiger partial charge in [-0.15, -0.1) is 0 Å². The number of ketones is 1. The minimum absolute atomic E-state index is 0.0981. The van der Waals surface area contributed by atoms with E-state index in [1.165, 1.54) is 6.42 Å². The normalized spacial score (nSPS) is 45.8. The van der Waals surface area contributed by atoms with Crippen molar-refractivity contribution in [1.82, 2.24) is 0 Å². The first-order chi connectivity index (χ1) is 6.08. The molecule has 2 aliphatic rings. The summed E-state index contributed by atoms with van der Waals surface area (Å²) in [7, 11) is 0. The second-order valence-corrected chi connectivity index (χ2v) is 4.90. The third-order valence-electron chi connectivity index (χ3n) is 4.11. The highest BCUT2D eigenvalue weighted by atomic mass is 16.3. The molecule has 2 rings (SSSR count). The highest BCUT2D eigenvalue weighted by molar-refractivity contribution is 5.88. The Labute approximate surface area is 79.3 Å². The SMILES string of the molecule is C[C@@]12CCCC[C@@]1(O)C(=O)CCC2. The molecule has 0 saturated heterocycles. The standard InChI is InChI=1S/C11H18O2/c1-10-6-2-3-8-11(10,13)9(12)5-4-7-10/h13H,2-8H2,1H3/t10-,11+/m0/s1. The summed E-state index contributed by atoms with van der Waals surface area (Å²) in [6.45, 7) is 2.09. The Balaban J connectivity index is 2.32. The molecule has 0 bridgehead atoms. The zero-order chi connectivity index (χ0) is 9.53. The predicted molar refractivity (Wildman–Crippen MR) is 50.4 cm³/mol. The Morgan fingerprint density at radius 1 is 1.15 bits per heavy atom. The van der Waals surface area contributed by atoms with Gasteiger partial charge in [0.1, 0.15) is 5.60 Å². The smallest absolute Gasteiger partial charge is 0.164 e. The lowest BCUT2D eigenvalue weighted by Gasteiger charge is -2.50. The molecule has 0 amide bonds. The first kappa shape index (κ1) is 9.20. The van der Waals surface area contributed by atoms with E-state index in [1.54, 1.807) is 0 Å². The lowest BCUT2D eigenvalue weighted by Crippen LogP contribution is -2.56. The van der Waals surface area contributed by atoms with Crippen LogP contribution < -0.4 is 0 Å². The van der Waals surface area contributed by atoms with Crippen LogP contribution in [0.4, 0.5) is 0 Å². The number of aliphatic hydroxyl groups is 1. The molecule has 2 fully saturated rings. The van der Waals surface area contributed by atoms with Gasteiger partial charge in [0.2, 0.25) is 0 Å². The van der Waals surface area contributed by atoms with Gasteiger partial charge in [0, 0.05) is 11.8 Å². The van der Waals surface area contributed by atoms with Crippen LogP contribution in [-0.2, 0) is 4.79 Å². The van der Waals surface area contributed by atoms with E-state index in [2.05, 4.69) is 6.92 Å². The molecule has 2 nitrogen and oxygen atoms in total. The molecule has 0 unspecified atom stereocenters. The molecule has 2 atom stereocenters. The number of carbonyl (C=O) groups excluding carboxylic acids is 1. The summed E-state index contributed by atoms with van der Waals surface area (Å²) in [6, 6.07) is 0. The van der Waals surface area contributed by atoms with E-state index in [0.29, 0.717) is 12.8 Å². The van der Waals surface area contributed by atoms with Crippen molar-refractivity contribution in [3.8, 4) is 0 Å². The van der Waals surface area contributed by atoms with Crippen LogP contribution in [0.5, 0.6) is 0 Å². The van der Waals surface area contributed by atoms with Crippen LogP contribution in [-0.4, -0.2) is 16.5 Å². The van der Waals surface area contributed by atoms with Crippen molar-refractivity contribution in [3.63, 3.8) is 0 Å². The van der Waals surface area contributed by atoms with Crippen LogP contribution in [0, 0.1) is 5.41 Å². The highest BCUT2D eigenvalue weighted by Gasteiger charge is 2.54. The summed E-state index contributed by atoms with van der Waals surface area (Å²) in [5.41, 5.74) is -1.08. The van der Waals surface area contributed by atoms with Gasteiger partial charge in [0.15, 0.2) is 5.78 Å². The molecule has 0 aliphatic heterocycles. The van der Waals surface area contributed by atoms with Crippen LogP contribution in [0.25, 0.3) is 0 Å². The molecule has 0 radical (unpaired) electrons. The first-order valence-corrected chi connectivity index (χ1v) is 5.34. The number of fused-ring (bicyclic) bond motifs is 1. The molecule has 0 aromatic heterocycles. The van der Waals surface area contributed by atoms with Crippen LogP contribution in [0.2, 0.25) is 0 Å². The Morgan fingerprint density at radius 2 is 1.77 bits per heavy atom. The van der Waals surface area contributed by atoms with E-state index in [9.17, 15) is 9.90 Å². The molecular weight excluding hydrogens is 164 g/mol. The maximum Gasteiger partial charge on any atom is 0.164 e. The van der Waals surface area contributed by atoms with E-state index in [1.807, 2.05) is 0 Å². The molecule has 1 N–H and O–H groups in total. The molecule has 13 heavy (non-hydrogen) atoms. The van der Waals surface area contributed by atoms with Gasteiger partial charge in [0.25, 0.3) is 0 Å². The van der Waals surface area contributed by atoms with Gasteiger partial charge >= 0.3 is 0 Å². The van der Waals surface area contributed by atoms with Gasteiger partial charge in [0.05, 0.1) is 0 Å². The fraction of sp³-hybridized carbons (Fsp3) is 0.909. The summed E-state index contributed by atoms with van der Waals surface area (Å²) >= 11 is 0. The number of Topliss-reactive ketones (excluding diaryl/α,β-unsaturated/α-hetero) is 1. The Bertz CT molecular complexity index is 232. The third-order valence-corrected chi connectivity index (χ3v) is 4.11. The fourth-order valence-electron chi connectivity index (χ4n) is 3.06. The van der Waals surface area contributed by atoms with Gasteiger partial charge in [-0.1, -0.05) is 19.8 Å². The largest absolute Gasteiger partial charge is 0.382 e. The second kappa shape index (κ2) is 2.81. The Morgan fingerprint density at radius 3 is 2.46 bits per heavy atom. The van der Waals surface area contributed by atoms with Crippen molar-refractivity contribution >= 4 is 5.78 Å². The maximum absolute atomic E-state index is 11.7. The van der Waals surface area contributed by atoms with Crippen LogP contribution in [0.15, 0.2) is 0 Å². The summed E-state index contributed by atoms with van der Waals surface area (Å²) < 4.78 is 0. The van der Waals surface area contributed by atoms with Gasteiger partial charge in [-0.3, -0.25) is 4.79 Å². The average Bonchev–Trinajstić information content (AvgIpc) is 2.09. The topological polar surface area (TPSA) is 37.3 Å². The van der Waals surface area contributed by atoms with E-state index < -0.39 is 5.60 Å². The summed E-state index contributed by atoms with van der Waals surface area (Å²) in [6.07, 6.45) is 6.49. The van der Waals surface area contributed by atoms with Crippen molar-refractivity contribution in [1.29, 1.82) is 0 Å². The van der Waals surface area contributed by atoms with Crippen LogP contribution >= 0.6 is 0 Å². The third kappa shape index (κ3) is 1.15. The average molecular weight is 182 g/mol.